The van der Waals surface area contributed by atoms with E-state index in [1.807, 2.05) is 13.0 Å². The first-order valence-electron chi connectivity index (χ1n) is 6.69. The molecule has 0 aliphatic rings. The smallest absolute Gasteiger partial charge is 0.315 e. The minimum absolute atomic E-state index is 0.501. The summed E-state index contributed by atoms with van der Waals surface area (Å²) >= 11 is 0. The van der Waals surface area contributed by atoms with Gasteiger partial charge < -0.3 is 15.1 Å². The third kappa shape index (κ3) is 4.71. The molecule has 1 heterocycles. The van der Waals surface area contributed by atoms with E-state index in [9.17, 15) is 0 Å². The van der Waals surface area contributed by atoms with Crippen molar-refractivity contribution in [2.24, 2.45) is 0 Å². The highest BCUT2D eigenvalue weighted by Gasteiger charge is 2.03. The number of nitrogens with zero attached hydrogens (tertiary/aromatic N) is 2. The number of hydrogen-bond acceptors (Lipinski definition) is 5. The van der Waals surface area contributed by atoms with E-state index in [1.165, 1.54) is 5.56 Å². The summed E-state index contributed by atoms with van der Waals surface area (Å²) in [6.07, 6.45) is 2.08. The average molecular weight is 260 g/mol. The molecule has 0 aliphatic heterocycles. The monoisotopic (exact) mass is 260 g/mol. The van der Waals surface area contributed by atoms with Crippen LogP contribution in [0, 0.1) is 0 Å². The van der Waals surface area contributed by atoms with Crippen LogP contribution >= 0.6 is 0 Å². The first kappa shape index (κ1) is 13.5. The van der Waals surface area contributed by atoms with Gasteiger partial charge in [-0.25, -0.2) is 0 Å². The van der Waals surface area contributed by atoms with Gasteiger partial charge in [0.15, 0.2) is 0 Å². The van der Waals surface area contributed by atoms with Crippen LogP contribution in [0.3, 0.4) is 0 Å². The van der Waals surface area contributed by atoms with Crippen molar-refractivity contribution in [2.75, 3.05) is 18.4 Å². The topological polar surface area (TPSA) is 63.0 Å². The highest BCUT2D eigenvalue weighted by Crippen LogP contribution is 2.06. The molecule has 0 saturated carbocycles. The standard InChI is InChI=1S/C14H20N4O/c1-2-15-11-13-17-18-14(19-13)16-10-6-9-12-7-4-3-5-8-12/h3-5,7-8,15H,2,6,9-11H2,1H3,(H,16,18). The normalized spacial score (nSPS) is 10.6. The van der Waals surface area contributed by atoms with Crippen LogP contribution in [-0.4, -0.2) is 23.3 Å². The summed E-state index contributed by atoms with van der Waals surface area (Å²) in [4.78, 5) is 0. The molecule has 0 atom stereocenters. The van der Waals surface area contributed by atoms with Gasteiger partial charge in [-0.2, -0.15) is 0 Å². The van der Waals surface area contributed by atoms with Gasteiger partial charge in [-0.05, 0) is 24.9 Å². The molecule has 19 heavy (non-hydrogen) atoms. The Bertz CT molecular complexity index is 469. The molecule has 0 bridgehead atoms. The molecule has 0 unspecified atom stereocenters. The van der Waals surface area contributed by atoms with Gasteiger partial charge in [0.1, 0.15) is 0 Å². The quantitative estimate of drug-likeness (QED) is 0.713. The van der Waals surface area contributed by atoms with Gasteiger partial charge in [0.05, 0.1) is 6.54 Å². The van der Waals surface area contributed by atoms with E-state index in [1.54, 1.807) is 0 Å². The van der Waals surface area contributed by atoms with E-state index in [4.69, 9.17) is 4.42 Å². The first-order chi connectivity index (χ1) is 9.38. The fourth-order valence-electron chi connectivity index (χ4n) is 1.76. The maximum atomic E-state index is 5.44. The van der Waals surface area contributed by atoms with Gasteiger partial charge in [0.2, 0.25) is 5.89 Å². The summed E-state index contributed by atoms with van der Waals surface area (Å²) in [5.74, 6) is 0.618. The third-order valence-corrected chi connectivity index (χ3v) is 2.75. The van der Waals surface area contributed by atoms with Crippen LogP contribution in [-0.2, 0) is 13.0 Å². The van der Waals surface area contributed by atoms with Gasteiger partial charge in [0, 0.05) is 6.54 Å². The molecule has 0 aliphatic carbocycles. The number of aromatic nitrogens is 2. The Morgan fingerprint density at radius 3 is 2.79 bits per heavy atom. The molecule has 0 fully saturated rings. The number of nitrogens with one attached hydrogen (secondary N) is 2. The first-order valence-corrected chi connectivity index (χ1v) is 6.69. The van der Waals surface area contributed by atoms with E-state index in [0.29, 0.717) is 18.5 Å². The van der Waals surface area contributed by atoms with Crippen molar-refractivity contribution in [1.29, 1.82) is 0 Å². The average Bonchev–Trinajstić information content (AvgIpc) is 2.90. The number of hydrogen-bond donors (Lipinski definition) is 2. The number of aryl methyl sites for hydroxylation is 1. The minimum Gasteiger partial charge on any atom is -0.407 e. The van der Waals surface area contributed by atoms with Crippen LogP contribution in [0.25, 0.3) is 0 Å². The molecule has 0 radical (unpaired) electrons. The second kappa shape index (κ2) is 7.53. The highest BCUT2D eigenvalue weighted by atomic mass is 16.4. The molecule has 5 heteroatoms. The summed E-state index contributed by atoms with van der Waals surface area (Å²) in [6, 6.07) is 10.9. The number of rotatable bonds is 8. The fraction of sp³-hybridized carbons (Fsp3) is 0.429. The second-order valence-corrected chi connectivity index (χ2v) is 4.30. The number of benzene rings is 1. The third-order valence-electron chi connectivity index (χ3n) is 2.75. The van der Waals surface area contributed by atoms with E-state index >= 15 is 0 Å². The van der Waals surface area contributed by atoms with E-state index < -0.39 is 0 Å². The summed E-state index contributed by atoms with van der Waals surface area (Å²) in [6.45, 7) is 4.38. The molecule has 0 saturated heterocycles. The predicted molar refractivity (Wildman–Crippen MR) is 74.9 cm³/mol. The van der Waals surface area contributed by atoms with Gasteiger partial charge in [-0.1, -0.05) is 42.4 Å². The molecular formula is C14H20N4O. The second-order valence-electron chi connectivity index (χ2n) is 4.30. The van der Waals surface area contributed by atoms with Crippen LogP contribution in [0.4, 0.5) is 6.01 Å². The zero-order chi connectivity index (χ0) is 13.3. The van der Waals surface area contributed by atoms with Gasteiger partial charge in [-0.3, -0.25) is 0 Å². The molecule has 0 spiro atoms. The van der Waals surface area contributed by atoms with Crippen molar-refractivity contribution in [2.45, 2.75) is 26.3 Å². The molecule has 5 nitrogen and oxygen atoms in total. The maximum Gasteiger partial charge on any atom is 0.315 e. The van der Waals surface area contributed by atoms with E-state index in [2.05, 4.69) is 45.1 Å². The summed E-state index contributed by atoms with van der Waals surface area (Å²) in [5, 5.41) is 14.2. The summed E-state index contributed by atoms with van der Waals surface area (Å²) in [7, 11) is 0. The van der Waals surface area contributed by atoms with Crippen molar-refractivity contribution in [3.8, 4) is 0 Å². The van der Waals surface area contributed by atoms with E-state index in [-0.39, 0.29) is 0 Å². The molecular weight excluding hydrogens is 240 g/mol. The van der Waals surface area contributed by atoms with E-state index in [0.717, 1.165) is 25.9 Å². The molecule has 102 valence electrons. The van der Waals surface area contributed by atoms with Crippen LogP contribution < -0.4 is 10.6 Å². The van der Waals surface area contributed by atoms with Gasteiger partial charge in [0.25, 0.3) is 0 Å². The van der Waals surface area contributed by atoms with Crippen LogP contribution in [0.2, 0.25) is 0 Å². The lowest BCUT2D eigenvalue weighted by molar-refractivity contribution is 0.481. The summed E-state index contributed by atoms with van der Waals surface area (Å²) < 4.78 is 5.44. The molecule has 2 aromatic rings. The Hall–Kier alpha value is -1.88. The lowest BCUT2D eigenvalue weighted by atomic mass is 10.1. The maximum absolute atomic E-state index is 5.44. The Morgan fingerprint density at radius 2 is 2.00 bits per heavy atom. The minimum atomic E-state index is 0.501. The zero-order valence-electron chi connectivity index (χ0n) is 11.2. The van der Waals surface area contributed by atoms with Crippen molar-refractivity contribution in [3.05, 3.63) is 41.8 Å². The Kier molecular flexibility index (Phi) is 5.37. The Balaban J connectivity index is 1.66. The Morgan fingerprint density at radius 1 is 1.16 bits per heavy atom. The summed E-state index contributed by atoms with van der Waals surface area (Å²) in [5.41, 5.74) is 1.35. The fourth-order valence-corrected chi connectivity index (χ4v) is 1.76. The molecule has 1 aromatic carbocycles. The molecule has 2 rings (SSSR count). The van der Waals surface area contributed by atoms with Gasteiger partial charge in [-0.15, -0.1) is 5.10 Å². The van der Waals surface area contributed by atoms with Crippen LogP contribution in [0.5, 0.6) is 0 Å². The molecule has 0 amide bonds. The number of anilines is 1. The highest BCUT2D eigenvalue weighted by molar-refractivity contribution is 5.18. The van der Waals surface area contributed by atoms with Crippen LogP contribution in [0.15, 0.2) is 34.7 Å². The molecule has 1 aromatic heterocycles. The largest absolute Gasteiger partial charge is 0.407 e. The van der Waals surface area contributed by atoms with Crippen LogP contribution in [0.1, 0.15) is 24.8 Å². The van der Waals surface area contributed by atoms with Crippen molar-refractivity contribution in [1.82, 2.24) is 15.5 Å². The predicted octanol–water partition coefficient (Wildman–Crippen LogP) is 2.22. The zero-order valence-corrected chi connectivity index (χ0v) is 11.2. The SMILES string of the molecule is CCNCc1nnc(NCCCc2ccccc2)o1. The Labute approximate surface area is 113 Å². The van der Waals surface area contributed by atoms with Crippen molar-refractivity contribution in [3.63, 3.8) is 0 Å². The lowest BCUT2D eigenvalue weighted by Crippen LogP contribution is -2.11. The lowest BCUT2D eigenvalue weighted by Gasteiger charge is -2.01. The van der Waals surface area contributed by atoms with Crippen molar-refractivity contribution < 1.29 is 4.42 Å². The van der Waals surface area contributed by atoms with Gasteiger partial charge >= 0.3 is 6.01 Å². The molecule has 2 N–H and O–H groups in total. The van der Waals surface area contributed by atoms with Crippen molar-refractivity contribution >= 4 is 6.01 Å².